The van der Waals surface area contributed by atoms with Crippen LogP contribution in [0.25, 0.3) is 65.7 Å². The van der Waals surface area contributed by atoms with E-state index >= 15 is 0 Å². The van der Waals surface area contributed by atoms with Crippen molar-refractivity contribution in [3.8, 4) is 22.3 Å². The first kappa shape index (κ1) is 36.4. The van der Waals surface area contributed by atoms with E-state index in [4.69, 9.17) is 4.98 Å². The van der Waals surface area contributed by atoms with Crippen molar-refractivity contribution in [1.82, 2.24) is 9.97 Å². The van der Waals surface area contributed by atoms with Crippen LogP contribution in [-0.4, -0.2) is 26.6 Å². The zero-order valence-electron chi connectivity index (χ0n) is 35.3. The molecule has 0 saturated heterocycles. The normalized spacial score (nSPS) is 16.3. The molecule has 0 unspecified atom stereocenters. The number of ketones is 2. The average Bonchev–Trinajstić information content (AvgIpc) is 3.84. The first-order valence-electron chi connectivity index (χ1n) is 19.9. The van der Waals surface area contributed by atoms with Gasteiger partial charge in [0.05, 0.1) is 22.2 Å². The molecule has 0 bridgehead atoms. The van der Waals surface area contributed by atoms with Gasteiger partial charge in [-0.05, 0) is 125 Å². The molecule has 5 heteroatoms. The number of benzene rings is 4. The summed E-state index contributed by atoms with van der Waals surface area (Å²) in [6, 6.07) is 18.2. The lowest BCUT2D eigenvalue weighted by Crippen LogP contribution is -2.18. The van der Waals surface area contributed by atoms with Gasteiger partial charge in [-0.15, -0.1) is 0 Å². The number of aromatic amines is 1. The van der Waals surface area contributed by atoms with Crippen LogP contribution in [0.5, 0.6) is 0 Å². The zero-order chi connectivity index (χ0) is 40.5. The molecule has 9 rings (SSSR count). The highest BCUT2D eigenvalue weighted by Crippen LogP contribution is 2.55. The van der Waals surface area contributed by atoms with E-state index in [9.17, 15) is 14.7 Å². The lowest BCUT2D eigenvalue weighted by Gasteiger charge is -2.23. The van der Waals surface area contributed by atoms with Gasteiger partial charge in [-0.3, -0.25) is 14.6 Å². The van der Waals surface area contributed by atoms with E-state index in [0.717, 1.165) is 76.4 Å². The Labute approximate surface area is 328 Å². The van der Waals surface area contributed by atoms with Crippen molar-refractivity contribution in [1.29, 1.82) is 0 Å². The number of hydrogen-bond acceptors (Lipinski definition) is 4. The van der Waals surface area contributed by atoms with Gasteiger partial charge in [-0.25, -0.2) is 0 Å². The van der Waals surface area contributed by atoms with Crippen LogP contribution in [0.4, 0.5) is 0 Å². The van der Waals surface area contributed by atoms with Crippen LogP contribution >= 0.6 is 0 Å². The molecule has 5 aromatic rings. The first-order valence-corrected chi connectivity index (χ1v) is 19.9. The number of allylic oxidation sites excluding steroid dienone is 2. The van der Waals surface area contributed by atoms with Crippen molar-refractivity contribution < 1.29 is 14.7 Å². The fourth-order valence-corrected chi connectivity index (χ4v) is 9.34. The smallest absolute Gasteiger partial charge is 0.239 e. The largest absolute Gasteiger partial charge is 0.506 e. The summed E-state index contributed by atoms with van der Waals surface area (Å²) in [5.41, 5.74) is 10.5. The number of rotatable bonds is 1. The molecular weight excluding hydrogens is 689 g/mol. The van der Waals surface area contributed by atoms with Gasteiger partial charge >= 0.3 is 0 Å². The highest BCUT2D eigenvalue weighted by atomic mass is 16.3. The Kier molecular flexibility index (Phi) is 7.12. The predicted octanol–water partition coefficient (Wildman–Crippen LogP) is 11.5. The van der Waals surface area contributed by atoms with E-state index in [1.165, 1.54) is 22.3 Å². The fourth-order valence-electron chi connectivity index (χ4n) is 9.34. The fraction of sp³-hybridized carbons (Fsp3) is 0.353. The van der Waals surface area contributed by atoms with Crippen molar-refractivity contribution in [2.45, 2.75) is 119 Å². The maximum Gasteiger partial charge on any atom is 0.239 e. The molecule has 0 spiro atoms. The van der Waals surface area contributed by atoms with E-state index in [-0.39, 0.29) is 38.6 Å². The van der Waals surface area contributed by atoms with Gasteiger partial charge in [-0.1, -0.05) is 107 Å². The molecule has 0 fully saturated rings. The summed E-state index contributed by atoms with van der Waals surface area (Å²) < 4.78 is 0. The standard InChI is InChI=1S/C51H52N2O3/c1-23-35-31-19-27(48(3,4)5)15-25-17-29(50(9,10)11)21-33(37(25)31)39(35)43(52-23)41-45(54)42(47(56)46(41)55)44-40-34-22-30(51(12,13)14)18-26-16-28(49(6,7)8)20-32(38(26)34)36(40)24(2)53-44/h15-22,52,54H,1-14H3/b44-42+. The van der Waals surface area contributed by atoms with E-state index in [2.05, 4.69) is 137 Å². The summed E-state index contributed by atoms with van der Waals surface area (Å²) in [6.07, 6.45) is 0. The SMILES string of the molecule is Cc1[nH]c(C2=C(O)/C(=c3\nc(C)c4c5cc(C(C)(C)C)cc6cc(C(C)(C)C)cc(c3=4)c65)C(=O)C2=O)c2c1-c1cc(C(C)(C)C)cc3cc(C(C)(C)C)cc-2c13. The van der Waals surface area contributed by atoms with Crippen LogP contribution in [-0.2, 0) is 31.2 Å². The van der Waals surface area contributed by atoms with Crippen LogP contribution in [0.1, 0.15) is 122 Å². The molecule has 4 aromatic carbocycles. The minimum absolute atomic E-state index is 0.0148. The minimum Gasteiger partial charge on any atom is -0.506 e. The molecule has 4 aliphatic rings. The Morgan fingerprint density at radius 2 is 0.964 bits per heavy atom. The van der Waals surface area contributed by atoms with Gasteiger partial charge < -0.3 is 10.1 Å². The lowest BCUT2D eigenvalue weighted by molar-refractivity contribution is -0.129. The number of aliphatic hydroxyl groups excluding tert-OH is 1. The number of hydrogen-bond donors (Lipinski definition) is 2. The molecule has 284 valence electrons. The quantitative estimate of drug-likeness (QED) is 0.164. The maximum atomic E-state index is 14.5. The van der Waals surface area contributed by atoms with Crippen molar-refractivity contribution in [2.75, 3.05) is 0 Å². The summed E-state index contributed by atoms with van der Waals surface area (Å²) in [6.45, 7) is 30.6. The van der Waals surface area contributed by atoms with Gasteiger partial charge in [0.2, 0.25) is 11.6 Å². The zero-order valence-corrected chi connectivity index (χ0v) is 35.3. The third kappa shape index (κ3) is 4.88. The van der Waals surface area contributed by atoms with E-state index in [1.807, 2.05) is 13.8 Å². The Hall–Kier alpha value is -5.29. The molecule has 0 amide bonds. The second-order valence-corrected chi connectivity index (χ2v) is 20.7. The van der Waals surface area contributed by atoms with Gasteiger partial charge in [0.1, 0.15) is 5.76 Å². The Bertz CT molecular complexity index is 3090. The molecule has 1 aliphatic heterocycles. The Morgan fingerprint density at radius 3 is 1.46 bits per heavy atom. The molecule has 3 aliphatic carbocycles. The van der Waals surface area contributed by atoms with Crippen LogP contribution in [0.2, 0.25) is 0 Å². The van der Waals surface area contributed by atoms with Gasteiger partial charge in [0.25, 0.3) is 0 Å². The van der Waals surface area contributed by atoms with Crippen molar-refractivity contribution >= 4 is 55.0 Å². The molecule has 0 radical (unpaired) electrons. The monoisotopic (exact) mass is 740 g/mol. The lowest BCUT2D eigenvalue weighted by atomic mass is 9.81. The highest BCUT2D eigenvalue weighted by molar-refractivity contribution is 6.70. The van der Waals surface area contributed by atoms with E-state index < -0.39 is 11.6 Å². The topological polar surface area (TPSA) is 83.0 Å². The van der Waals surface area contributed by atoms with E-state index in [0.29, 0.717) is 11.0 Å². The second kappa shape index (κ2) is 11.0. The van der Waals surface area contributed by atoms with Crippen molar-refractivity contribution in [2.24, 2.45) is 0 Å². The number of H-pyrrole nitrogens is 1. The molecule has 5 nitrogen and oxygen atoms in total. The van der Waals surface area contributed by atoms with Crippen LogP contribution in [0.15, 0.2) is 54.3 Å². The van der Waals surface area contributed by atoms with E-state index in [1.54, 1.807) is 0 Å². The second-order valence-electron chi connectivity index (χ2n) is 20.7. The number of carbonyl (C=O) groups excluding carboxylic acids is 2. The number of Topliss-reactive ketones (excluding diaryl/α,β-unsaturated/α-hetero) is 2. The third-order valence-electron chi connectivity index (χ3n) is 12.6. The molecule has 0 atom stereocenters. The summed E-state index contributed by atoms with van der Waals surface area (Å²) in [4.78, 5) is 37.5. The number of aliphatic hydroxyl groups is 1. The van der Waals surface area contributed by atoms with Gasteiger partial charge in [0, 0.05) is 33.0 Å². The van der Waals surface area contributed by atoms with Gasteiger partial charge in [0.15, 0.2) is 0 Å². The van der Waals surface area contributed by atoms with Gasteiger partial charge in [-0.2, -0.15) is 0 Å². The number of aromatic nitrogens is 2. The van der Waals surface area contributed by atoms with Crippen molar-refractivity contribution in [3.05, 3.63) is 109 Å². The molecule has 1 aromatic heterocycles. The Morgan fingerprint density at radius 1 is 0.536 bits per heavy atom. The van der Waals surface area contributed by atoms with Crippen LogP contribution in [0.3, 0.4) is 0 Å². The van der Waals surface area contributed by atoms with Crippen molar-refractivity contribution in [3.63, 3.8) is 0 Å². The summed E-state index contributed by atoms with van der Waals surface area (Å²) >= 11 is 0. The third-order valence-corrected chi connectivity index (χ3v) is 12.6. The summed E-state index contributed by atoms with van der Waals surface area (Å²) in [7, 11) is 0. The predicted molar refractivity (Wildman–Crippen MR) is 231 cm³/mol. The molecule has 2 heterocycles. The van der Waals surface area contributed by atoms with Crippen LogP contribution < -0.4 is 5.35 Å². The number of nitrogens with one attached hydrogen (secondary N) is 1. The first-order chi connectivity index (χ1) is 25.9. The number of carbonyl (C=O) groups is 2. The molecule has 2 N–H and O–H groups in total. The maximum absolute atomic E-state index is 14.5. The van der Waals surface area contributed by atoms with Crippen LogP contribution in [0, 0.1) is 24.3 Å². The number of aryl methyl sites for hydroxylation is 2. The number of nitrogens with zero attached hydrogens (tertiary/aromatic N) is 1. The summed E-state index contributed by atoms with van der Waals surface area (Å²) in [5.74, 6) is -1.76. The minimum atomic E-state index is -0.729. The molecule has 56 heavy (non-hydrogen) atoms. The molecular formula is C51H52N2O3. The Balaban J connectivity index is 1.39. The number of fused-ring (bicyclic) bond motifs is 5. The molecule has 0 saturated carbocycles. The average molecular weight is 741 g/mol. The summed E-state index contributed by atoms with van der Waals surface area (Å²) in [5, 5.41) is 21.2. The highest BCUT2D eigenvalue weighted by Gasteiger charge is 2.43.